The van der Waals surface area contributed by atoms with Gasteiger partial charge in [0.1, 0.15) is 0 Å². The van der Waals surface area contributed by atoms with Crippen molar-refractivity contribution >= 4 is 24.8 Å². The molecule has 0 spiro atoms. The molecule has 1 aromatic rings. The van der Waals surface area contributed by atoms with E-state index in [1.54, 1.807) is 29.2 Å². The van der Waals surface area contributed by atoms with Crippen molar-refractivity contribution in [2.45, 2.75) is 12.5 Å². The van der Waals surface area contributed by atoms with Crippen LogP contribution in [0.2, 0.25) is 0 Å². The van der Waals surface area contributed by atoms with Crippen molar-refractivity contribution in [2.75, 3.05) is 26.2 Å². The lowest BCUT2D eigenvalue weighted by atomic mass is 10.0. The summed E-state index contributed by atoms with van der Waals surface area (Å²) in [6, 6.07) is 7.58. The van der Waals surface area contributed by atoms with Crippen LogP contribution < -0.4 is 5.32 Å². The Balaban J connectivity index is 0.00000180. The third-order valence-corrected chi connectivity index (χ3v) is 3.14. The molecule has 1 aliphatic heterocycles. The lowest BCUT2D eigenvalue weighted by Gasteiger charge is -2.34. The highest BCUT2D eigenvalue weighted by Gasteiger charge is 2.30. The van der Waals surface area contributed by atoms with Crippen LogP contribution in [0.1, 0.15) is 17.2 Å². The second-order valence-corrected chi connectivity index (χ2v) is 4.30. The average Bonchev–Trinajstić information content (AvgIpc) is 2.40. The maximum Gasteiger partial charge on any atom is 0.258 e. The molecule has 1 N–H and O–H groups in total. The molecule has 0 amide bonds. The normalized spacial score (nSPS) is 16.7. The number of piperazine rings is 1. The minimum Gasteiger partial charge on any atom is -0.314 e. The molecule has 0 saturated carbocycles. The molecule has 3 nitrogen and oxygen atoms in total. The van der Waals surface area contributed by atoms with Crippen LogP contribution >= 0.6 is 24.8 Å². The lowest BCUT2D eigenvalue weighted by Crippen LogP contribution is -2.46. The molecule has 0 aliphatic carbocycles. The second-order valence-electron chi connectivity index (χ2n) is 4.30. The molecule has 0 aromatic heterocycles. The average molecular weight is 324 g/mol. The van der Waals surface area contributed by atoms with Crippen LogP contribution in [0.3, 0.4) is 0 Å². The third kappa shape index (κ3) is 4.57. The van der Waals surface area contributed by atoms with Gasteiger partial charge in [0.05, 0.1) is 17.7 Å². The van der Waals surface area contributed by atoms with Crippen LogP contribution in [0.15, 0.2) is 24.3 Å². The predicted molar refractivity (Wildman–Crippen MR) is 78.8 cm³/mol. The Hall–Kier alpha value is -0.930. The standard InChI is InChI=1S/C13H15F2N3.2ClH/c14-13(15)12(18-6-4-17-5-7-18)11-3-1-2-10(8-11)9-16;;/h1-3,8,12-13,17H,4-7H2;2*1H/t12-;;/m1../s1. The topological polar surface area (TPSA) is 39.1 Å². The third-order valence-electron chi connectivity index (χ3n) is 3.14. The molecule has 1 heterocycles. The van der Waals surface area contributed by atoms with E-state index in [1.165, 1.54) is 0 Å². The van der Waals surface area contributed by atoms with E-state index in [0.717, 1.165) is 13.1 Å². The summed E-state index contributed by atoms with van der Waals surface area (Å²) in [7, 11) is 0. The Morgan fingerprint density at radius 3 is 2.40 bits per heavy atom. The Labute approximate surface area is 129 Å². The molecule has 1 aromatic carbocycles. The second kappa shape index (κ2) is 9.09. The van der Waals surface area contributed by atoms with Crippen molar-refractivity contribution in [1.29, 1.82) is 5.26 Å². The first-order valence-corrected chi connectivity index (χ1v) is 5.95. The Morgan fingerprint density at radius 1 is 1.20 bits per heavy atom. The van der Waals surface area contributed by atoms with Gasteiger partial charge in [-0.05, 0) is 17.7 Å². The monoisotopic (exact) mass is 323 g/mol. The summed E-state index contributed by atoms with van der Waals surface area (Å²) in [5.41, 5.74) is 0.944. The van der Waals surface area contributed by atoms with Gasteiger partial charge in [-0.15, -0.1) is 24.8 Å². The molecule has 0 bridgehead atoms. The summed E-state index contributed by atoms with van der Waals surface area (Å²) in [5, 5.41) is 12.0. The Kier molecular flexibility index (Phi) is 8.67. The van der Waals surface area contributed by atoms with Crippen molar-refractivity contribution in [3.63, 3.8) is 0 Å². The molecule has 1 fully saturated rings. The molecule has 1 atom stereocenters. The van der Waals surface area contributed by atoms with Gasteiger partial charge in [0.15, 0.2) is 0 Å². The van der Waals surface area contributed by atoms with Gasteiger partial charge in [-0.2, -0.15) is 5.26 Å². The largest absolute Gasteiger partial charge is 0.314 e. The van der Waals surface area contributed by atoms with Gasteiger partial charge in [0, 0.05) is 26.2 Å². The zero-order valence-corrected chi connectivity index (χ0v) is 12.4. The van der Waals surface area contributed by atoms with Gasteiger partial charge in [-0.3, -0.25) is 4.90 Å². The van der Waals surface area contributed by atoms with Crippen LogP contribution in [0.25, 0.3) is 0 Å². The molecule has 2 rings (SSSR count). The summed E-state index contributed by atoms with van der Waals surface area (Å²) in [4.78, 5) is 1.78. The van der Waals surface area contributed by atoms with Crippen molar-refractivity contribution in [1.82, 2.24) is 10.2 Å². The fraction of sp³-hybridized carbons (Fsp3) is 0.462. The lowest BCUT2D eigenvalue weighted by molar-refractivity contribution is 0.0182. The van der Waals surface area contributed by atoms with Gasteiger partial charge >= 0.3 is 0 Å². The van der Waals surface area contributed by atoms with Crippen molar-refractivity contribution in [2.24, 2.45) is 0 Å². The smallest absolute Gasteiger partial charge is 0.258 e. The van der Waals surface area contributed by atoms with E-state index in [1.807, 2.05) is 6.07 Å². The molecule has 0 unspecified atom stereocenters. The number of nitrogens with zero attached hydrogens (tertiary/aromatic N) is 2. The molecular weight excluding hydrogens is 307 g/mol. The van der Waals surface area contributed by atoms with E-state index < -0.39 is 12.5 Å². The molecule has 112 valence electrons. The number of benzene rings is 1. The first-order valence-electron chi connectivity index (χ1n) is 5.95. The summed E-state index contributed by atoms with van der Waals surface area (Å²) in [5.74, 6) is 0. The maximum absolute atomic E-state index is 13.3. The van der Waals surface area contributed by atoms with E-state index in [0.29, 0.717) is 24.2 Å². The number of nitriles is 1. The van der Waals surface area contributed by atoms with E-state index >= 15 is 0 Å². The zero-order chi connectivity index (χ0) is 13.0. The molecule has 1 saturated heterocycles. The molecular formula is C13H17Cl2F2N3. The summed E-state index contributed by atoms with van der Waals surface area (Å²) >= 11 is 0. The van der Waals surface area contributed by atoms with Gasteiger partial charge < -0.3 is 5.32 Å². The molecule has 7 heteroatoms. The molecule has 0 radical (unpaired) electrons. The minimum atomic E-state index is -2.45. The van der Waals surface area contributed by atoms with Gasteiger partial charge in [0.25, 0.3) is 6.43 Å². The van der Waals surface area contributed by atoms with Crippen LogP contribution in [0, 0.1) is 11.3 Å². The highest BCUT2D eigenvalue weighted by molar-refractivity contribution is 5.85. The van der Waals surface area contributed by atoms with E-state index in [2.05, 4.69) is 5.32 Å². The van der Waals surface area contributed by atoms with Gasteiger partial charge in [-0.25, -0.2) is 8.78 Å². The van der Waals surface area contributed by atoms with Crippen molar-refractivity contribution < 1.29 is 8.78 Å². The van der Waals surface area contributed by atoms with Crippen LogP contribution in [-0.2, 0) is 0 Å². The Bertz CT molecular complexity index is 445. The number of nitrogens with one attached hydrogen (secondary N) is 1. The van der Waals surface area contributed by atoms with Gasteiger partial charge in [-0.1, -0.05) is 12.1 Å². The number of hydrogen-bond acceptors (Lipinski definition) is 3. The number of rotatable bonds is 3. The zero-order valence-electron chi connectivity index (χ0n) is 10.8. The van der Waals surface area contributed by atoms with Crippen LogP contribution in [-0.4, -0.2) is 37.5 Å². The van der Waals surface area contributed by atoms with Crippen molar-refractivity contribution in [3.05, 3.63) is 35.4 Å². The summed E-state index contributed by atoms with van der Waals surface area (Å²) in [6.45, 7) is 2.65. The minimum absolute atomic E-state index is 0. The fourth-order valence-electron chi connectivity index (χ4n) is 2.27. The first-order chi connectivity index (χ1) is 8.72. The molecule has 20 heavy (non-hydrogen) atoms. The fourth-order valence-corrected chi connectivity index (χ4v) is 2.27. The highest BCUT2D eigenvalue weighted by atomic mass is 35.5. The quantitative estimate of drug-likeness (QED) is 0.929. The Morgan fingerprint density at radius 2 is 1.85 bits per heavy atom. The number of hydrogen-bond donors (Lipinski definition) is 1. The number of halogens is 4. The van der Waals surface area contributed by atoms with Crippen LogP contribution in [0.4, 0.5) is 8.78 Å². The SMILES string of the molecule is Cl.Cl.N#Cc1cccc([C@H](C(F)F)N2CCNCC2)c1. The van der Waals surface area contributed by atoms with E-state index in [9.17, 15) is 8.78 Å². The summed E-state index contributed by atoms with van der Waals surface area (Å²) in [6.07, 6.45) is -2.45. The van der Waals surface area contributed by atoms with Crippen molar-refractivity contribution in [3.8, 4) is 6.07 Å². The molecule has 1 aliphatic rings. The van der Waals surface area contributed by atoms with E-state index in [-0.39, 0.29) is 24.8 Å². The summed E-state index contributed by atoms with van der Waals surface area (Å²) < 4.78 is 26.5. The van der Waals surface area contributed by atoms with E-state index in [4.69, 9.17) is 5.26 Å². The predicted octanol–water partition coefficient (Wildman–Crippen LogP) is 2.61. The number of alkyl halides is 2. The van der Waals surface area contributed by atoms with Gasteiger partial charge in [0.2, 0.25) is 0 Å². The van der Waals surface area contributed by atoms with Crippen LogP contribution in [0.5, 0.6) is 0 Å². The highest BCUT2D eigenvalue weighted by Crippen LogP contribution is 2.28. The maximum atomic E-state index is 13.3. The first kappa shape index (κ1) is 19.1.